The maximum Gasteiger partial charge on any atom is 0.0948 e. The minimum Gasteiger partial charge on any atom is -0.392 e. The minimum absolute atomic E-state index is 0.0720. The molecule has 1 fully saturated rings. The third-order valence-corrected chi connectivity index (χ3v) is 3.82. The van der Waals surface area contributed by atoms with Crippen LogP contribution in [0, 0.1) is 0 Å². The molecule has 1 heterocycles. The highest BCUT2D eigenvalue weighted by Gasteiger charge is 2.27. The molecule has 2 nitrogen and oxygen atoms in total. The van der Waals surface area contributed by atoms with Crippen molar-refractivity contribution < 1.29 is 0 Å². The summed E-state index contributed by atoms with van der Waals surface area (Å²) in [5.41, 5.74) is 6.80. The van der Waals surface area contributed by atoms with E-state index in [1.807, 2.05) is 12.1 Å². The summed E-state index contributed by atoms with van der Waals surface area (Å²) in [7, 11) is 0. The molecular weight excluding hydrogens is 275 g/mol. The smallest absolute Gasteiger partial charge is 0.0948 e. The van der Waals surface area contributed by atoms with Crippen molar-refractivity contribution in [3.05, 3.63) is 33.8 Å². The minimum atomic E-state index is -0.0720. The van der Waals surface area contributed by atoms with Crippen molar-refractivity contribution >= 4 is 40.4 Å². The number of hydrogen-bond donors (Lipinski definition) is 1. The molecule has 0 aliphatic carbocycles. The van der Waals surface area contributed by atoms with Crippen LogP contribution in [-0.2, 0) is 0 Å². The number of halogens is 2. The number of nitrogens with zero attached hydrogens (tertiary/aromatic N) is 1. The first kappa shape index (κ1) is 13.1. The first-order chi connectivity index (χ1) is 8.09. The average Bonchev–Trinajstić information content (AvgIpc) is 2.74. The summed E-state index contributed by atoms with van der Waals surface area (Å²) in [4.78, 5) is 2.74. The highest BCUT2D eigenvalue weighted by Crippen LogP contribution is 2.32. The molecule has 0 radical (unpaired) electrons. The van der Waals surface area contributed by atoms with Gasteiger partial charge in [-0.2, -0.15) is 0 Å². The molecule has 1 aliphatic rings. The molecule has 17 heavy (non-hydrogen) atoms. The largest absolute Gasteiger partial charge is 0.392 e. The first-order valence-electron chi connectivity index (χ1n) is 5.58. The van der Waals surface area contributed by atoms with Crippen molar-refractivity contribution in [1.82, 2.24) is 4.90 Å². The Labute approximate surface area is 117 Å². The summed E-state index contributed by atoms with van der Waals surface area (Å²) in [5.74, 6) is 0. The lowest BCUT2D eigenvalue weighted by atomic mass is 10.1. The first-order valence-corrected chi connectivity index (χ1v) is 6.74. The van der Waals surface area contributed by atoms with Gasteiger partial charge < -0.3 is 5.73 Å². The fraction of sp³-hybridized carbons (Fsp3) is 0.417. The van der Waals surface area contributed by atoms with E-state index < -0.39 is 0 Å². The van der Waals surface area contributed by atoms with Gasteiger partial charge in [0.1, 0.15) is 0 Å². The van der Waals surface area contributed by atoms with Gasteiger partial charge in [-0.3, -0.25) is 4.90 Å². The molecule has 1 atom stereocenters. The van der Waals surface area contributed by atoms with Gasteiger partial charge in [0.25, 0.3) is 0 Å². The average molecular weight is 289 g/mol. The van der Waals surface area contributed by atoms with Crippen LogP contribution >= 0.6 is 35.4 Å². The lowest BCUT2D eigenvalue weighted by Gasteiger charge is -2.27. The molecule has 1 aromatic rings. The number of hydrogen-bond acceptors (Lipinski definition) is 2. The van der Waals surface area contributed by atoms with E-state index in [0.29, 0.717) is 15.0 Å². The van der Waals surface area contributed by atoms with Gasteiger partial charge in [0.2, 0.25) is 0 Å². The summed E-state index contributed by atoms with van der Waals surface area (Å²) >= 11 is 17.3. The van der Waals surface area contributed by atoms with Gasteiger partial charge in [0.15, 0.2) is 0 Å². The van der Waals surface area contributed by atoms with Crippen molar-refractivity contribution in [2.75, 3.05) is 13.1 Å². The molecule has 1 aromatic carbocycles. The van der Waals surface area contributed by atoms with Crippen LogP contribution in [-0.4, -0.2) is 23.0 Å². The standard InChI is InChI=1S/C12H14Cl2N2S/c13-8-3-4-9(10(14)7-8)11(12(15)17)16-5-1-2-6-16/h3-4,7,11H,1-2,5-6H2,(H2,15,17). The summed E-state index contributed by atoms with van der Waals surface area (Å²) in [6.45, 7) is 2.03. The van der Waals surface area contributed by atoms with Crippen LogP contribution in [0.4, 0.5) is 0 Å². The van der Waals surface area contributed by atoms with Crippen molar-refractivity contribution in [1.29, 1.82) is 0 Å². The van der Waals surface area contributed by atoms with Crippen molar-refractivity contribution in [3.63, 3.8) is 0 Å². The molecule has 1 aliphatic heterocycles. The molecule has 0 aromatic heterocycles. The maximum atomic E-state index is 6.22. The van der Waals surface area contributed by atoms with Crippen LogP contribution in [0.5, 0.6) is 0 Å². The summed E-state index contributed by atoms with van der Waals surface area (Å²) in [6, 6.07) is 5.40. The summed E-state index contributed by atoms with van der Waals surface area (Å²) in [6.07, 6.45) is 2.37. The van der Waals surface area contributed by atoms with Crippen molar-refractivity contribution in [2.45, 2.75) is 18.9 Å². The van der Waals surface area contributed by atoms with Gasteiger partial charge in [0, 0.05) is 10.0 Å². The highest BCUT2D eigenvalue weighted by molar-refractivity contribution is 7.80. The van der Waals surface area contributed by atoms with E-state index in [0.717, 1.165) is 18.7 Å². The zero-order chi connectivity index (χ0) is 12.4. The summed E-state index contributed by atoms with van der Waals surface area (Å²) < 4.78 is 0. The van der Waals surface area contributed by atoms with Crippen LogP contribution < -0.4 is 5.73 Å². The van der Waals surface area contributed by atoms with Gasteiger partial charge in [0.05, 0.1) is 11.0 Å². The van der Waals surface area contributed by atoms with Crippen molar-refractivity contribution in [2.24, 2.45) is 5.73 Å². The SMILES string of the molecule is NC(=S)C(c1ccc(Cl)cc1Cl)N1CCCC1. The topological polar surface area (TPSA) is 29.3 Å². The number of likely N-dealkylation sites (tertiary alicyclic amines) is 1. The van der Waals surface area contributed by atoms with Crippen LogP contribution in [0.1, 0.15) is 24.4 Å². The van der Waals surface area contributed by atoms with Crippen LogP contribution in [0.2, 0.25) is 10.0 Å². The monoisotopic (exact) mass is 288 g/mol. The van der Waals surface area contributed by atoms with E-state index in [1.54, 1.807) is 6.07 Å². The fourth-order valence-corrected chi connectivity index (χ4v) is 3.04. The Hall–Kier alpha value is -0.350. The molecule has 5 heteroatoms. The Morgan fingerprint density at radius 2 is 1.94 bits per heavy atom. The van der Waals surface area contributed by atoms with Gasteiger partial charge in [-0.1, -0.05) is 41.5 Å². The summed E-state index contributed by atoms with van der Waals surface area (Å²) in [5, 5.41) is 1.25. The fourth-order valence-electron chi connectivity index (χ4n) is 2.25. The quantitative estimate of drug-likeness (QED) is 0.865. The number of nitrogens with two attached hydrogens (primary N) is 1. The van der Waals surface area contributed by atoms with Gasteiger partial charge in [-0.25, -0.2) is 0 Å². The van der Waals surface area contributed by atoms with E-state index in [1.165, 1.54) is 12.8 Å². The van der Waals surface area contributed by atoms with Crippen LogP contribution in [0.25, 0.3) is 0 Å². The Kier molecular flexibility index (Phi) is 4.26. The highest BCUT2D eigenvalue weighted by atomic mass is 35.5. The third kappa shape index (κ3) is 2.91. The molecule has 0 saturated carbocycles. The second-order valence-corrected chi connectivity index (χ2v) is 5.53. The van der Waals surface area contributed by atoms with E-state index in [2.05, 4.69) is 4.90 Å². The molecule has 1 saturated heterocycles. The molecule has 0 bridgehead atoms. The van der Waals surface area contributed by atoms with E-state index in [4.69, 9.17) is 41.2 Å². The lowest BCUT2D eigenvalue weighted by molar-refractivity contribution is 0.305. The zero-order valence-electron chi connectivity index (χ0n) is 9.33. The van der Waals surface area contributed by atoms with Gasteiger partial charge in [-0.05, 0) is 43.6 Å². The zero-order valence-corrected chi connectivity index (χ0v) is 11.7. The maximum absolute atomic E-state index is 6.22. The number of rotatable bonds is 3. The van der Waals surface area contributed by atoms with Crippen molar-refractivity contribution in [3.8, 4) is 0 Å². The van der Waals surface area contributed by atoms with E-state index in [9.17, 15) is 0 Å². The Bertz CT molecular complexity index is 431. The molecule has 2 N–H and O–H groups in total. The third-order valence-electron chi connectivity index (χ3n) is 3.03. The Morgan fingerprint density at radius 1 is 1.29 bits per heavy atom. The predicted molar refractivity (Wildman–Crippen MR) is 76.8 cm³/mol. The van der Waals surface area contributed by atoms with E-state index >= 15 is 0 Å². The number of benzene rings is 1. The second-order valence-electron chi connectivity index (χ2n) is 4.21. The van der Waals surface area contributed by atoms with E-state index in [-0.39, 0.29) is 6.04 Å². The molecule has 0 spiro atoms. The second kappa shape index (κ2) is 5.53. The molecule has 0 amide bonds. The Morgan fingerprint density at radius 3 is 2.47 bits per heavy atom. The van der Waals surface area contributed by atoms with Crippen LogP contribution in [0.3, 0.4) is 0 Å². The molecule has 2 rings (SSSR count). The van der Waals surface area contributed by atoms with Crippen LogP contribution in [0.15, 0.2) is 18.2 Å². The predicted octanol–water partition coefficient (Wildman–Crippen LogP) is 3.42. The van der Waals surface area contributed by atoms with Gasteiger partial charge in [-0.15, -0.1) is 0 Å². The molecule has 92 valence electrons. The molecule has 1 unspecified atom stereocenters. The van der Waals surface area contributed by atoms with Gasteiger partial charge >= 0.3 is 0 Å². The lowest BCUT2D eigenvalue weighted by Crippen LogP contribution is -2.35. The molecular formula is C12H14Cl2N2S. The Balaban J connectivity index is 2.35. The normalized spacial score (nSPS) is 18.2. The number of thiocarbonyl (C=S) groups is 1.